The molecule has 6 nitrogen and oxygen atoms in total. The van der Waals surface area contributed by atoms with E-state index in [0.29, 0.717) is 17.4 Å². The largest absolute Gasteiger partial charge is 0.451 e. The van der Waals surface area contributed by atoms with Crippen molar-refractivity contribution < 1.29 is 19.1 Å². The zero-order valence-corrected chi connectivity index (χ0v) is 15.7. The Balaban J connectivity index is 1.75. The molecule has 142 valence electrons. The van der Waals surface area contributed by atoms with E-state index in [1.54, 1.807) is 37.3 Å². The minimum atomic E-state index is -0.888. The van der Waals surface area contributed by atoms with E-state index < -0.39 is 12.1 Å². The number of nitrogens with one attached hydrogen (secondary N) is 2. The topological polar surface area (TPSA) is 84.5 Å². The fraction of sp³-hybridized carbons (Fsp3) is 0.550. The molecule has 2 amide bonds. The van der Waals surface area contributed by atoms with Crippen molar-refractivity contribution in [2.45, 2.75) is 52.2 Å². The van der Waals surface area contributed by atoms with Crippen LogP contribution in [0.4, 0.5) is 0 Å². The Kier molecular flexibility index (Phi) is 7.18. The highest BCUT2D eigenvalue weighted by Gasteiger charge is 2.30. The maximum absolute atomic E-state index is 12.3. The fourth-order valence-electron chi connectivity index (χ4n) is 3.22. The molecule has 0 aliphatic heterocycles. The third-order valence-electron chi connectivity index (χ3n) is 5.14. The molecule has 0 spiro atoms. The number of carbonyl (C=O) groups is 3. The minimum Gasteiger partial charge on any atom is -0.451 e. The quantitative estimate of drug-likeness (QED) is 0.763. The van der Waals surface area contributed by atoms with Gasteiger partial charge in [0.25, 0.3) is 11.8 Å². The summed E-state index contributed by atoms with van der Waals surface area (Å²) in [7, 11) is 0. The van der Waals surface area contributed by atoms with Crippen molar-refractivity contribution in [3.63, 3.8) is 0 Å². The zero-order chi connectivity index (χ0) is 19.1. The van der Waals surface area contributed by atoms with Crippen LogP contribution >= 0.6 is 0 Å². The Hall–Kier alpha value is -2.37. The van der Waals surface area contributed by atoms with Crippen LogP contribution in [-0.2, 0) is 14.3 Å². The van der Waals surface area contributed by atoms with Gasteiger partial charge in [-0.2, -0.15) is 0 Å². The van der Waals surface area contributed by atoms with Crippen LogP contribution in [0, 0.1) is 11.8 Å². The summed E-state index contributed by atoms with van der Waals surface area (Å²) in [6, 6.07) is 8.72. The minimum absolute atomic E-state index is 0.116. The van der Waals surface area contributed by atoms with Gasteiger partial charge in [0.05, 0.1) is 0 Å². The molecule has 0 heterocycles. The number of amides is 2. The van der Waals surface area contributed by atoms with Crippen LogP contribution in [0.5, 0.6) is 0 Å². The maximum atomic E-state index is 12.3. The van der Waals surface area contributed by atoms with Gasteiger partial charge < -0.3 is 15.4 Å². The lowest BCUT2D eigenvalue weighted by Gasteiger charge is -2.35. The van der Waals surface area contributed by atoms with Gasteiger partial charge >= 0.3 is 5.97 Å². The van der Waals surface area contributed by atoms with Gasteiger partial charge in [0.15, 0.2) is 6.10 Å². The van der Waals surface area contributed by atoms with Crippen LogP contribution < -0.4 is 10.6 Å². The Morgan fingerprint density at radius 1 is 1.15 bits per heavy atom. The van der Waals surface area contributed by atoms with E-state index in [-0.39, 0.29) is 24.4 Å². The standard InChI is InChI=1S/C20H28N2O4/c1-13-8-7-11-17(14(13)2)22-19(24)15(3)26-18(23)12-21-20(25)16-9-5-4-6-10-16/h4-6,9-10,13-15,17H,7-8,11-12H2,1-3H3,(H,21,25)(H,22,24)/t13-,14-,15-,17-/m1/s1. The van der Waals surface area contributed by atoms with Gasteiger partial charge in [0.2, 0.25) is 0 Å². The lowest BCUT2D eigenvalue weighted by Crippen LogP contribution is -2.48. The molecule has 0 aromatic heterocycles. The summed E-state index contributed by atoms with van der Waals surface area (Å²) in [5.74, 6) is -0.314. The Labute approximate surface area is 154 Å². The molecule has 0 saturated heterocycles. The molecule has 1 saturated carbocycles. The highest BCUT2D eigenvalue weighted by molar-refractivity contribution is 5.96. The average Bonchev–Trinajstić information content (AvgIpc) is 2.64. The first-order chi connectivity index (χ1) is 12.4. The molecule has 1 aliphatic rings. The summed E-state index contributed by atoms with van der Waals surface area (Å²) in [4.78, 5) is 36.1. The van der Waals surface area contributed by atoms with E-state index in [1.165, 1.54) is 6.42 Å². The maximum Gasteiger partial charge on any atom is 0.326 e. The molecule has 1 aliphatic carbocycles. The van der Waals surface area contributed by atoms with Crippen LogP contribution in [0.2, 0.25) is 0 Å². The van der Waals surface area contributed by atoms with Crippen LogP contribution in [0.25, 0.3) is 0 Å². The second-order valence-corrected chi connectivity index (χ2v) is 7.06. The number of hydrogen-bond acceptors (Lipinski definition) is 4. The van der Waals surface area contributed by atoms with Gasteiger partial charge in [0.1, 0.15) is 6.54 Å². The predicted octanol–water partition coefficient (Wildman–Crippen LogP) is 2.29. The van der Waals surface area contributed by atoms with Crippen LogP contribution in [0.3, 0.4) is 0 Å². The van der Waals surface area contributed by atoms with Gasteiger partial charge in [-0.3, -0.25) is 14.4 Å². The van der Waals surface area contributed by atoms with Crippen molar-refractivity contribution in [2.75, 3.05) is 6.54 Å². The average molecular weight is 360 g/mol. The molecule has 6 heteroatoms. The first-order valence-electron chi connectivity index (χ1n) is 9.21. The first kappa shape index (κ1) is 19.9. The molecule has 2 N–H and O–H groups in total. The van der Waals surface area contributed by atoms with Crippen LogP contribution in [0.15, 0.2) is 30.3 Å². The zero-order valence-electron chi connectivity index (χ0n) is 15.7. The van der Waals surface area contributed by atoms with Crippen molar-refractivity contribution in [2.24, 2.45) is 11.8 Å². The van der Waals surface area contributed by atoms with E-state index in [9.17, 15) is 14.4 Å². The number of hydrogen-bond donors (Lipinski definition) is 2. The van der Waals surface area contributed by atoms with E-state index in [2.05, 4.69) is 24.5 Å². The van der Waals surface area contributed by atoms with E-state index in [1.807, 2.05) is 0 Å². The lowest BCUT2D eigenvalue weighted by atomic mass is 9.78. The number of rotatable bonds is 6. The molecule has 0 unspecified atom stereocenters. The van der Waals surface area contributed by atoms with Crippen molar-refractivity contribution >= 4 is 17.8 Å². The Morgan fingerprint density at radius 3 is 2.54 bits per heavy atom. The highest BCUT2D eigenvalue weighted by atomic mass is 16.5. The number of ether oxygens (including phenoxy) is 1. The first-order valence-corrected chi connectivity index (χ1v) is 9.21. The van der Waals surface area contributed by atoms with Crippen molar-refractivity contribution in [3.8, 4) is 0 Å². The molecule has 26 heavy (non-hydrogen) atoms. The van der Waals surface area contributed by atoms with Gasteiger partial charge in [-0.25, -0.2) is 0 Å². The monoisotopic (exact) mass is 360 g/mol. The Morgan fingerprint density at radius 2 is 1.85 bits per heavy atom. The smallest absolute Gasteiger partial charge is 0.326 e. The molecular formula is C20H28N2O4. The third-order valence-corrected chi connectivity index (χ3v) is 5.14. The van der Waals surface area contributed by atoms with E-state index >= 15 is 0 Å². The molecule has 2 rings (SSSR count). The van der Waals surface area contributed by atoms with Crippen molar-refractivity contribution in [1.82, 2.24) is 10.6 Å². The van der Waals surface area contributed by atoms with Gasteiger partial charge in [0, 0.05) is 11.6 Å². The second kappa shape index (κ2) is 9.36. The van der Waals surface area contributed by atoms with E-state index in [0.717, 1.165) is 12.8 Å². The molecule has 1 aromatic rings. The normalized spacial score (nSPS) is 23.6. The Bertz CT molecular complexity index is 632. The number of carbonyl (C=O) groups excluding carboxylic acids is 3. The SMILES string of the molecule is C[C@@H]1[C@H](C)CCC[C@H]1NC(=O)[C@@H](C)OC(=O)CNC(=O)c1ccccc1. The summed E-state index contributed by atoms with van der Waals surface area (Å²) < 4.78 is 5.14. The van der Waals surface area contributed by atoms with E-state index in [4.69, 9.17) is 4.74 Å². The molecule has 1 fully saturated rings. The molecular weight excluding hydrogens is 332 g/mol. The lowest BCUT2D eigenvalue weighted by molar-refractivity contribution is -0.154. The third kappa shape index (κ3) is 5.58. The summed E-state index contributed by atoms with van der Waals surface area (Å²) in [6.45, 7) is 5.61. The summed E-state index contributed by atoms with van der Waals surface area (Å²) in [5, 5.41) is 5.48. The molecule has 1 aromatic carbocycles. The highest BCUT2D eigenvalue weighted by Crippen LogP contribution is 2.29. The molecule has 4 atom stereocenters. The molecule has 0 bridgehead atoms. The van der Waals surface area contributed by atoms with Crippen molar-refractivity contribution in [3.05, 3.63) is 35.9 Å². The number of esters is 1. The van der Waals surface area contributed by atoms with Crippen LogP contribution in [0.1, 0.15) is 50.4 Å². The summed E-state index contributed by atoms with van der Waals surface area (Å²) >= 11 is 0. The van der Waals surface area contributed by atoms with Gasteiger partial charge in [-0.05, 0) is 37.3 Å². The van der Waals surface area contributed by atoms with Gasteiger partial charge in [-0.15, -0.1) is 0 Å². The number of benzene rings is 1. The fourth-order valence-corrected chi connectivity index (χ4v) is 3.22. The molecule has 0 radical (unpaired) electrons. The summed E-state index contributed by atoms with van der Waals surface area (Å²) in [5.41, 5.74) is 0.464. The van der Waals surface area contributed by atoms with Gasteiger partial charge in [-0.1, -0.05) is 44.9 Å². The van der Waals surface area contributed by atoms with Crippen molar-refractivity contribution in [1.29, 1.82) is 0 Å². The second-order valence-electron chi connectivity index (χ2n) is 7.06. The predicted molar refractivity (Wildman–Crippen MR) is 98.4 cm³/mol. The van der Waals surface area contributed by atoms with Crippen LogP contribution in [-0.4, -0.2) is 36.5 Å². The summed E-state index contributed by atoms with van der Waals surface area (Å²) in [6.07, 6.45) is 2.33.